The zero-order chi connectivity index (χ0) is 20.1. The van der Waals surface area contributed by atoms with E-state index in [1.165, 1.54) is 27.4 Å². The zero-order valence-electron chi connectivity index (χ0n) is 15.4. The molecule has 1 heterocycles. The SMILES string of the molecule is O=C(OCC(=O)N1CCN(S(=O)(=O)c2cccc(F)c2)CC1)[C@H]1CC=CCC1. The molecule has 152 valence electrons. The number of halogens is 1. The van der Waals surface area contributed by atoms with Crippen molar-refractivity contribution in [3.63, 3.8) is 0 Å². The summed E-state index contributed by atoms with van der Waals surface area (Å²) >= 11 is 0. The van der Waals surface area contributed by atoms with E-state index in [-0.39, 0.29) is 55.5 Å². The number of carbonyl (C=O) groups is 2. The van der Waals surface area contributed by atoms with Gasteiger partial charge in [0, 0.05) is 26.2 Å². The number of nitrogens with zero attached hydrogens (tertiary/aromatic N) is 2. The summed E-state index contributed by atoms with van der Waals surface area (Å²) in [6.07, 6.45) is 6.14. The summed E-state index contributed by atoms with van der Waals surface area (Å²) in [4.78, 5) is 25.7. The van der Waals surface area contributed by atoms with Crippen LogP contribution in [0.15, 0.2) is 41.3 Å². The van der Waals surface area contributed by atoms with Gasteiger partial charge in [0.15, 0.2) is 6.61 Å². The number of amides is 1. The number of hydrogen-bond acceptors (Lipinski definition) is 5. The second-order valence-corrected chi connectivity index (χ2v) is 8.77. The molecule has 0 unspecified atom stereocenters. The Labute approximate surface area is 163 Å². The summed E-state index contributed by atoms with van der Waals surface area (Å²) in [6.45, 7) is 0.252. The van der Waals surface area contributed by atoms with E-state index in [0.29, 0.717) is 6.42 Å². The number of piperazine rings is 1. The minimum atomic E-state index is -3.81. The van der Waals surface area contributed by atoms with E-state index >= 15 is 0 Å². The van der Waals surface area contributed by atoms with Gasteiger partial charge in [0.1, 0.15) is 5.82 Å². The first-order valence-electron chi connectivity index (χ1n) is 9.23. The minimum absolute atomic E-state index is 0.103. The Balaban J connectivity index is 1.50. The average molecular weight is 410 g/mol. The molecule has 1 saturated heterocycles. The molecule has 1 atom stereocenters. The molecule has 0 aromatic heterocycles. The fourth-order valence-electron chi connectivity index (χ4n) is 3.30. The number of benzene rings is 1. The van der Waals surface area contributed by atoms with Crippen LogP contribution < -0.4 is 0 Å². The van der Waals surface area contributed by atoms with Crippen LogP contribution in [0.2, 0.25) is 0 Å². The summed E-state index contributed by atoms with van der Waals surface area (Å²) < 4.78 is 44.9. The smallest absolute Gasteiger partial charge is 0.309 e. The predicted molar refractivity (Wildman–Crippen MR) is 99.2 cm³/mol. The maximum atomic E-state index is 13.3. The standard InChI is InChI=1S/C19H23FN2O5S/c20-16-7-4-8-17(13-16)28(25,26)22-11-9-21(10-12-22)18(23)14-27-19(24)15-5-2-1-3-6-15/h1-2,4,7-8,13,15H,3,5-6,9-12,14H2/t15-/m0/s1. The Bertz CT molecular complexity index is 863. The molecular formula is C19H23FN2O5S. The fraction of sp³-hybridized carbons (Fsp3) is 0.474. The minimum Gasteiger partial charge on any atom is -0.455 e. The molecule has 1 aromatic carbocycles. The third kappa shape index (κ3) is 4.77. The number of hydrogen-bond donors (Lipinski definition) is 0. The van der Waals surface area contributed by atoms with Gasteiger partial charge in [0.25, 0.3) is 5.91 Å². The van der Waals surface area contributed by atoms with E-state index in [1.807, 2.05) is 12.2 Å². The summed E-state index contributed by atoms with van der Waals surface area (Å²) in [5, 5.41) is 0. The van der Waals surface area contributed by atoms with Gasteiger partial charge in [-0.15, -0.1) is 0 Å². The van der Waals surface area contributed by atoms with Gasteiger partial charge in [0.2, 0.25) is 10.0 Å². The summed E-state index contributed by atoms with van der Waals surface area (Å²) in [5.41, 5.74) is 0. The van der Waals surface area contributed by atoms with Crippen molar-refractivity contribution in [1.82, 2.24) is 9.21 Å². The molecule has 0 bridgehead atoms. The van der Waals surface area contributed by atoms with Gasteiger partial charge in [-0.05, 0) is 37.5 Å². The Morgan fingerprint density at radius 3 is 2.54 bits per heavy atom. The highest BCUT2D eigenvalue weighted by atomic mass is 32.2. The molecule has 1 amide bonds. The third-order valence-electron chi connectivity index (χ3n) is 4.97. The Hall–Kier alpha value is -2.26. The third-order valence-corrected chi connectivity index (χ3v) is 6.86. The largest absolute Gasteiger partial charge is 0.455 e. The van der Waals surface area contributed by atoms with Gasteiger partial charge < -0.3 is 9.64 Å². The molecule has 0 spiro atoms. The number of esters is 1. The van der Waals surface area contributed by atoms with E-state index in [4.69, 9.17) is 4.74 Å². The molecule has 2 aliphatic rings. The monoisotopic (exact) mass is 410 g/mol. The first-order chi connectivity index (χ1) is 13.4. The molecule has 0 N–H and O–H groups in total. The lowest BCUT2D eigenvalue weighted by atomic mass is 9.95. The lowest BCUT2D eigenvalue weighted by molar-refractivity contribution is -0.156. The molecule has 1 fully saturated rings. The lowest BCUT2D eigenvalue weighted by Gasteiger charge is -2.34. The Kier molecular flexibility index (Phi) is 6.46. The van der Waals surface area contributed by atoms with Gasteiger partial charge in [-0.1, -0.05) is 18.2 Å². The average Bonchev–Trinajstić information content (AvgIpc) is 2.72. The second kappa shape index (κ2) is 8.83. The first kappa shape index (κ1) is 20.5. The molecular weight excluding hydrogens is 387 g/mol. The van der Waals surface area contributed by atoms with Crippen LogP contribution in [0, 0.1) is 11.7 Å². The van der Waals surface area contributed by atoms with Crippen molar-refractivity contribution >= 4 is 21.9 Å². The highest BCUT2D eigenvalue weighted by Crippen LogP contribution is 2.20. The van der Waals surface area contributed by atoms with Crippen LogP contribution in [0.5, 0.6) is 0 Å². The summed E-state index contributed by atoms with van der Waals surface area (Å²) in [7, 11) is -3.81. The zero-order valence-corrected chi connectivity index (χ0v) is 16.2. The van der Waals surface area contributed by atoms with Crippen LogP contribution in [0.1, 0.15) is 19.3 Å². The number of rotatable bonds is 5. The van der Waals surface area contributed by atoms with Crippen molar-refractivity contribution in [3.8, 4) is 0 Å². The van der Waals surface area contributed by atoms with Gasteiger partial charge in [0.05, 0.1) is 10.8 Å². The molecule has 0 radical (unpaired) electrons. The van der Waals surface area contributed by atoms with E-state index in [1.54, 1.807) is 0 Å². The lowest BCUT2D eigenvalue weighted by Crippen LogP contribution is -2.51. The molecule has 0 saturated carbocycles. The highest BCUT2D eigenvalue weighted by molar-refractivity contribution is 7.89. The van der Waals surface area contributed by atoms with E-state index in [2.05, 4.69) is 0 Å². The second-order valence-electron chi connectivity index (χ2n) is 6.83. The summed E-state index contributed by atoms with van der Waals surface area (Å²) in [5.74, 6) is -1.54. The van der Waals surface area contributed by atoms with E-state index in [9.17, 15) is 22.4 Å². The van der Waals surface area contributed by atoms with Crippen molar-refractivity contribution in [2.45, 2.75) is 24.2 Å². The Morgan fingerprint density at radius 1 is 1.14 bits per heavy atom. The van der Waals surface area contributed by atoms with E-state index in [0.717, 1.165) is 18.9 Å². The molecule has 28 heavy (non-hydrogen) atoms. The van der Waals surface area contributed by atoms with Crippen LogP contribution in [-0.2, 0) is 24.3 Å². The van der Waals surface area contributed by atoms with Gasteiger partial charge in [-0.3, -0.25) is 9.59 Å². The van der Waals surface area contributed by atoms with Crippen LogP contribution in [0.3, 0.4) is 0 Å². The van der Waals surface area contributed by atoms with E-state index < -0.39 is 15.8 Å². The van der Waals surface area contributed by atoms with Crippen molar-refractivity contribution in [3.05, 3.63) is 42.2 Å². The predicted octanol–water partition coefficient (Wildman–Crippen LogP) is 1.56. The van der Waals surface area contributed by atoms with Crippen LogP contribution in [0.4, 0.5) is 4.39 Å². The molecule has 3 rings (SSSR count). The van der Waals surface area contributed by atoms with Crippen molar-refractivity contribution in [2.24, 2.45) is 5.92 Å². The van der Waals surface area contributed by atoms with Gasteiger partial charge >= 0.3 is 5.97 Å². The van der Waals surface area contributed by atoms with Crippen LogP contribution >= 0.6 is 0 Å². The highest BCUT2D eigenvalue weighted by Gasteiger charge is 2.31. The molecule has 1 aliphatic heterocycles. The molecule has 1 aromatic rings. The fourth-order valence-corrected chi connectivity index (χ4v) is 4.76. The van der Waals surface area contributed by atoms with Crippen molar-refractivity contribution < 1.29 is 27.1 Å². The first-order valence-corrected chi connectivity index (χ1v) is 10.7. The van der Waals surface area contributed by atoms with Crippen LogP contribution in [-0.4, -0.2) is 62.3 Å². The van der Waals surface area contributed by atoms with Crippen LogP contribution in [0.25, 0.3) is 0 Å². The van der Waals surface area contributed by atoms with Crippen molar-refractivity contribution in [1.29, 1.82) is 0 Å². The number of sulfonamides is 1. The topological polar surface area (TPSA) is 84.0 Å². The summed E-state index contributed by atoms with van der Waals surface area (Å²) in [6, 6.07) is 4.85. The molecule has 9 heteroatoms. The number of carbonyl (C=O) groups excluding carboxylic acids is 2. The van der Waals surface area contributed by atoms with Gasteiger partial charge in [-0.25, -0.2) is 12.8 Å². The maximum Gasteiger partial charge on any atom is 0.309 e. The number of ether oxygens (including phenoxy) is 1. The van der Waals surface area contributed by atoms with Crippen molar-refractivity contribution in [2.75, 3.05) is 32.8 Å². The Morgan fingerprint density at radius 2 is 1.89 bits per heavy atom. The quantitative estimate of drug-likeness (QED) is 0.543. The normalized spacial score (nSPS) is 20.8. The maximum absolute atomic E-state index is 13.3. The molecule has 1 aliphatic carbocycles. The van der Waals surface area contributed by atoms with Gasteiger partial charge in [-0.2, -0.15) is 4.31 Å². The number of allylic oxidation sites excluding steroid dienone is 2. The molecule has 7 nitrogen and oxygen atoms in total.